The van der Waals surface area contributed by atoms with E-state index in [4.69, 9.17) is 0 Å². The summed E-state index contributed by atoms with van der Waals surface area (Å²) < 4.78 is 0. The number of hydrogen-bond donors (Lipinski definition) is 4. The third-order valence-corrected chi connectivity index (χ3v) is 13.6. The van der Waals surface area contributed by atoms with Gasteiger partial charge < -0.3 is 10.4 Å². The third kappa shape index (κ3) is 24.5. The minimum Gasteiger partial charge on any atom is -0.507 e. The number of rotatable bonds is 36. The molecule has 1 aliphatic rings. The largest absolute Gasteiger partial charge is 0.507 e. The lowest BCUT2D eigenvalue weighted by Gasteiger charge is -2.45. The molecule has 4 N–H and O–H groups in total. The topological polar surface area (TPSA) is 59.6 Å². The molecule has 2 rings (SSSR count). The zero-order chi connectivity index (χ0) is 42.4. The van der Waals surface area contributed by atoms with Gasteiger partial charge >= 0.3 is 0 Å². The highest BCUT2D eigenvalue weighted by molar-refractivity contribution is 7.97. The lowest BCUT2D eigenvalue weighted by molar-refractivity contribution is 0.0852. The fraction of sp³-hybridized carbons (Fsp3) is 0.885. The molecular formula is C52H100N4OS. The maximum Gasteiger partial charge on any atom is 0.123 e. The van der Waals surface area contributed by atoms with Crippen molar-refractivity contribution in [3.8, 4) is 5.75 Å². The predicted octanol–water partition coefficient (Wildman–Crippen LogP) is 17.0. The van der Waals surface area contributed by atoms with Crippen LogP contribution < -0.4 is 15.6 Å². The summed E-state index contributed by atoms with van der Waals surface area (Å²) in [5.74, 6) is 1.40. The second-order valence-corrected chi connectivity index (χ2v) is 21.4. The van der Waals surface area contributed by atoms with E-state index in [2.05, 4.69) is 88.2 Å². The molecule has 1 heterocycles. The minimum absolute atomic E-state index is 0.154. The van der Waals surface area contributed by atoms with Gasteiger partial charge in [0, 0.05) is 29.1 Å². The number of hydrazine groups is 2. The first-order valence-corrected chi connectivity index (χ1v) is 26.5. The van der Waals surface area contributed by atoms with Crippen molar-refractivity contribution in [1.82, 2.24) is 15.4 Å². The van der Waals surface area contributed by atoms with Gasteiger partial charge in [-0.15, -0.1) is 0 Å². The highest BCUT2D eigenvalue weighted by Gasteiger charge is 2.36. The summed E-state index contributed by atoms with van der Waals surface area (Å²) in [5, 5.41) is 17.8. The van der Waals surface area contributed by atoms with Crippen molar-refractivity contribution < 1.29 is 5.11 Å². The summed E-state index contributed by atoms with van der Waals surface area (Å²) in [5.41, 5.74) is 6.57. The number of aromatic hydroxyl groups is 1. The van der Waals surface area contributed by atoms with Crippen LogP contribution in [0.5, 0.6) is 5.75 Å². The van der Waals surface area contributed by atoms with Crippen molar-refractivity contribution in [2.24, 2.45) is 0 Å². The van der Waals surface area contributed by atoms with Gasteiger partial charge in [0.2, 0.25) is 0 Å². The first kappa shape index (κ1) is 53.2. The Morgan fingerprint density at radius 2 is 0.862 bits per heavy atom. The Morgan fingerprint density at radius 1 is 0.534 bits per heavy atom. The fourth-order valence-electron chi connectivity index (χ4n) is 8.82. The molecule has 6 heteroatoms. The fourth-order valence-corrected chi connectivity index (χ4v) is 9.71. The molecule has 0 saturated carbocycles. The van der Waals surface area contributed by atoms with E-state index in [1.807, 2.05) is 11.9 Å². The van der Waals surface area contributed by atoms with E-state index in [1.165, 1.54) is 205 Å². The van der Waals surface area contributed by atoms with Crippen LogP contribution in [-0.2, 0) is 10.8 Å². The van der Waals surface area contributed by atoms with Crippen LogP contribution in [0.15, 0.2) is 12.1 Å². The number of unbranched alkanes of at least 4 members (excludes halogenated alkanes) is 30. The number of phenols is 1. The number of anilines is 1. The summed E-state index contributed by atoms with van der Waals surface area (Å²) in [4.78, 5) is 3.61. The van der Waals surface area contributed by atoms with Gasteiger partial charge in [-0.05, 0) is 42.2 Å². The molecule has 340 valence electrons. The standard InChI is InChI=1S/C52H100N4OS/c1-9-11-13-15-17-19-21-23-25-27-29-31-33-35-37-39-41-52(53-46-43-47(50(3,4)5)49(57)48(44-46)51(6,7)8)45-58-55-56(54-52)42-40-38-36-34-32-30-28-26-24-22-20-18-16-14-12-10-2/h43-44,53-55,57H,9-42,45H2,1-8H3. The number of hydrogen-bond acceptors (Lipinski definition) is 6. The molecule has 1 aromatic rings. The van der Waals surface area contributed by atoms with Crippen molar-refractivity contribution in [2.75, 3.05) is 17.6 Å². The van der Waals surface area contributed by atoms with E-state index >= 15 is 0 Å². The zero-order valence-electron chi connectivity index (χ0n) is 40.2. The molecular weight excluding hydrogens is 729 g/mol. The Kier molecular flexibility index (Phi) is 29.2. The molecule has 0 spiro atoms. The highest BCUT2D eigenvalue weighted by atomic mass is 32.2. The van der Waals surface area contributed by atoms with Gasteiger partial charge in [-0.3, -0.25) is 0 Å². The van der Waals surface area contributed by atoms with Gasteiger partial charge in [-0.1, -0.05) is 260 Å². The van der Waals surface area contributed by atoms with Crippen LogP contribution in [0.2, 0.25) is 0 Å². The minimum atomic E-state index is -0.248. The Labute approximate surface area is 367 Å². The maximum atomic E-state index is 11.5. The summed E-state index contributed by atoms with van der Waals surface area (Å²) >= 11 is 1.83. The van der Waals surface area contributed by atoms with Crippen LogP contribution in [0.1, 0.15) is 278 Å². The van der Waals surface area contributed by atoms with Crippen molar-refractivity contribution in [3.05, 3.63) is 23.3 Å². The molecule has 0 amide bonds. The molecule has 1 aliphatic heterocycles. The van der Waals surface area contributed by atoms with Crippen molar-refractivity contribution in [2.45, 2.75) is 284 Å². The number of benzene rings is 1. The zero-order valence-corrected chi connectivity index (χ0v) is 41.0. The summed E-state index contributed by atoms with van der Waals surface area (Å²) in [6.45, 7) is 18.9. The van der Waals surface area contributed by atoms with E-state index in [9.17, 15) is 5.11 Å². The van der Waals surface area contributed by atoms with Crippen LogP contribution in [0, 0.1) is 0 Å². The molecule has 5 nitrogen and oxygen atoms in total. The van der Waals surface area contributed by atoms with Gasteiger partial charge in [0.1, 0.15) is 11.4 Å². The summed E-state index contributed by atoms with van der Waals surface area (Å²) in [6, 6.07) is 4.43. The molecule has 1 aromatic carbocycles. The van der Waals surface area contributed by atoms with E-state index in [1.54, 1.807) is 0 Å². The van der Waals surface area contributed by atoms with Gasteiger partial charge in [0.25, 0.3) is 0 Å². The molecule has 0 bridgehead atoms. The first-order chi connectivity index (χ1) is 27.9. The van der Waals surface area contributed by atoms with Crippen LogP contribution in [0.25, 0.3) is 0 Å². The second kappa shape index (κ2) is 31.8. The van der Waals surface area contributed by atoms with E-state index in [0.29, 0.717) is 5.75 Å². The molecule has 58 heavy (non-hydrogen) atoms. The second-order valence-electron chi connectivity index (χ2n) is 20.6. The molecule has 1 unspecified atom stereocenters. The highest BCUT2D eigenvalue weighted by Crippen LogP contribution is 2.42. The van der Waals surface area contributed by atoms with E-state index in [0.717, 1.165) is 35.5 Å². The number of nitrogens with one attached hydrogen (secondary N) is 3. The van der Waals surface area contributed by atoms with Gasteiger partial charge in [-0.25, -0.2) is 5.43 Å². The van der Waals surface area contributed by atoms with Crippen LogP contribution in [-0.4, -0.2) is 28.2 Å². The number of phenolic OH excluding ortho intramolecular Hbond substituents is 1. The first-order valence-electron chi connectivity index (χ1n) is 25.5. The van der Waals surface area contributed by atoms with Gasteiger partial charge in [0.05, 0.1) is 0 Å². The Hall–Kier alpha value is -0.950. The molecule has 0 aromatic heterocycles. The average Bonchev–Trinajstić information content (AvgIpc) is 3.17. The Bertz CT molecular complexity index is 1090. The number of nitrogens with zero attached hydrogens (tertiary/aromatic N) is 1. The third-order valence-electron chi connectivity index (χ3n) is 12.6. The Balaban J connectivity index is 1.82. The maximum absolute atomic E-state index is 11.5. The summed E-state index contributed by atoms with van der Waals surface area (Å²) in [6.07, 6.45) is 45.7. The SMILES string of the molecule is CCCCCCCCCCCCCCCCCCN1NSCC(CCCCCCCCCCCCCCCCCC)(Nc2cc(C(C)(C)C)c(O)c(C(C)(C)C)c2)N1. The Morgan fingerprint density at radius 3 is 1.21 bits per heavy atom. The molecule has 1 saturated heterocycles. The van der Waals surface area contributed by atoms with Crippen molar-refractivity contribution >= 4 is 17.6 Å². The van der Waals surface area contributed by atoms with Crippen LogP contribution in [0.4, 0.5) is 5.69 Å². The van der Waals surface area contributed by atoms with E-state index < -0.39 is 0 Å². The van der Waals surface area contributed by atoms with Crippen molar-refractivity contribution in [1.29, 1.82) is 0 Å². The van der Waals surface area contributed by atoms with Crippen molar-refractivity contribution in [3.63, 3.8) is 0 Å². The normalized spacial score (nSPS) is 16.7. The molecule has 1 fully saturated rings. The van der Waals surface area contributed by atoms with E-state index in [-0.39, 0.29) is 16.5 Å². The average molecular weight is 829 g/mol. The lowest BCUT2D eigenvalue weighted by atomic mass is 9.79. The smallest absolute Gasteiger partial charge is 0.123 e. The van der Waals surface area contributed by atoms with Crippen LogP contribution >= 0.6 is 11.9 Å². The summed E-state index contributed by atoms with van der Waals surface area (Å²) in [7, 11) is 0. The van der Waals surface area contributed by atoms with Gasteiger partial charge in [-0.2, -0.15) is 9.95 Å². The predicted molar refractivity (Wildman–Crippen MR) is 261 cm³/mol. The monoisotopic (exact) mass is 829 g/mol. The van der Waals surface area contributed by atoms with Crippen LogP contribution in [0.3, 0.4) is 0 Å². The molecule has 1 atom stereocenters. The molecule has 0 aliphatic carbocycles. The quantitative estimate of drug-likeness (QED) is 0.0307. The lowest BCUT2D eigenvalue weighted by Crippen LogP contribution is -2.67. The molecule has 0 radical (unpaired) electrons. The van der Waals surface area contributed by atoms with Gasteiger partial charge in [0.15, 0.2) is 0 Å².